The summed E-state index contributed by atoms with van der Waals surface area (Å²) >= 11 is 0. The molecular formula is C12H15NO3. The van der Waals surface area contributed by atoms with Crippen molar-refractivity contribution in [2.75, 3.05) is 18.6 Å². The summed E-state index contributed by atoms with van der Waals surface area (Å²) in [6.07, 6.45) is 0.101. The summed E-state index contributed by atoms with van der Waals surface area (Å²) in [5.41, 5.74) is 2.11. The second-order valence-electron chi connectivity index (χ2n) is 4.14. The number of nitrogens with zero attached hydrogens (tertiary/aromatic N) is 1. The van der Waals surface area contributed by atoms with Gasteiger partial charge in [0.2, 0.25) is 0 Å². The number of likely N-dealkylation sites (N-methyl/N-ethyl adjacent to an activating group) is 1. The summed E-state index contributed by atoms with van der Waals surface area (Å²) in [5, 5.41) is 8.80. The van der Waals surface area contributed by atoms with Gasteiger partial charge < -0.3 is 14.7 Å². The first-order valence-corrected chi connectivity index (χ1v) is 5.26. The largest absolute Gasteiger partial charge is 0.489 e. The highest BCUT2D eigenvalue weighted by Crippen LogP contribution is 2.34. The molecule has 4 nitrogen and oxygen atoms in total. The molecule has 1 aliphatic heterocycles. The van der Waals surface area contributed by atoms with E-state index in [1.165, 1.54) is 0 Å². The molecule has 0 radical (unpaired) electrons. The molecule has 86 valence electrons. The molecule has 0 saturated carbocycles. The molecule has 0 aromatic heterocycles. The third kappa shape index (κ3) is 1.96. The lowest BCUT2D eigenvalue weighted by molar-refractivity contribution is -0.137. The second-order valence-corrected chi connectivity index (χ2v) is 4.14. The van der Waals surface area contributed by atoms with Gasteiger partial charge in [0, 0.05) is 7.05 Å². The minimum absolute atomic E-state index is 0.0909. The molecule has 0 unspecified atom stereocenters. The molecule has 0 bridgehead atoms. The molecule has 0 aliphatic carbocycles. The molecule has 2 rings (SSSR count). The molecule has 16 heavy (non-hydrogen) atoms. The number of benzene rings is 1. The van der Waals surface area contributed by atoms with E-state index in [0.29, 0.717) is 6.61 Å². The highest BCUT2D eigenvalue weighted by molar-refractivity contribution is 5.70. The number of carbonyl (C=O) groups is 1. The standard InChI is InChI=1S/C12H15NO3/c1-8-3-4-11-10(5-8)13(2)9(7-16-11)6-12(14)15/h3-5,9H,6-7H2,1-2H3,(H,14,15)/t9-/m1/s1. The average Bonchev–Trinajstić information content (AvgIpc) is 2.22. The van der Waals surface area contributed by atoms with Crippen molar-refractivity contribution in [2.45, 2.75) is 19.4 Å². The maximum absolute atomic E-state index is 10.7. The van der Waals surface area contributed by atoms with Crippen molar-refractivity contribution >= 4 is 11.7 Å². The molecule has 1 aliphatic rings. The molecule has 1 aromatic rings. The number of aryl methyl sites for hydroxylation is 1. The van der Waals surface area contributed by atoms with Crippen LogP contribution in [-0.4, -0.2) is 30.8 Å². The number of fused-ring (bicyclic) bond motifs is 1. The molecule has 0 fully saturated rings. The third-order valence-electron chi connectivity index (χ3n) is 2.88. The predicted octanol–water partition coefficient (Wildman–Crippen LogP) is 1.67. The quantitative estimate of drug-likeness (QED) is 0.825. The number of rotatable bonds is 2. The zero-order chi connectivity index (χ0) is 11.7. The third-order valence-corrected chi connectivity index (χ3v) is 2.88. The van der Waals surface area contributed by atoms with Crippen LogP contribution in [-0.2, 0) is 4.79 Å². The van der Waals surface area contributed by atoms with Crippen molar-refractivity contribution < 1.29 is 14.6 Å². The van der Waals surface area contributed by atoms with Crippen molar-refractivity contribution in [3.8, 4) is 5.75 Å². The van der Waals surface area contributed by atoms with Crippen LogP contribution in [0.4, 0.5) is 5.69 Å². The average molecular weight is 221 g/mol. The van der Waals surface area contributed by atoms with Crippen molar-refractivity contribution in [3.05, 3.63) is 23.8 Å². The fourth-order valence-electron chi connectivity index (χ4n) is 1.92. The maximum Gasteiger partial charge on any atom is 0.305 e. The minimum Gasteiger partial charge on any atom is -0.489 e. The van der Waals surface area contributed by atoms with Gasteiger partial charge in [-0.05, 0) is 24.6 Å². The van der Waals surface area contributed by atoms with E-state index in [2.05, 4.69) is 0 Å². The van der Waals surface area contributed by atoms with Gasteiger partial charge in [0.05, 0.1) is 18.2 Å². The fraction of sp³-hybridized carbons (Fsp3) is 0.417. The van der Waals surface area contributed by atoms with E-state index in [9.17, 15) is 4.79 Å². The lowest BCUT2D eigenvalue weighted by Gasteiger charge is -2.35. The van der Waals surface area contributed by atoms with Crippen LogP contribution in [0.3, 0.4) is 0 Å². The number of hydrogen-bond acceptors (Lipinski definition) is 3. The van der Waals surface area contributed by atoms with Crippen LogP contribution < -0.4 is 9.64 Å². The second kappa shape index (κ2) is 4.04. The Bertz CT molecular complexity index is 417. The van der Waals surface area contributed by atoms with Crippen LogP contribution in [0, 0.1) is 6.92 Å². The smallest absolute Gasteiger partial charge is 0.305 e. The molecule has 0 spiro atoms. The first-order chi connectivity index (χ1) is 7.58. The summed E-state index contributed by atoms with van der Waals surface area (Å²) in [5.74, 6) is 0.0336. The van der Waals surface area contributed by atoms with Crippen molar-refractivity contribution in [3.63, 3.8) is 0 Å². The Labute approximate surface area is 94.4 Å². The van der Waals surface area contributed by atoms with Crippen LogP contribution in [0.5, 0.6) is 5.75 Å². The van der Waals surface area contributed by atoms with E-state index >= 15 is 0 Å². The summed E-state index contributed by atoms with van der Waals surface area (Å²) in [7, 11) is 1.91. The van der Waals surface area contributed by atoms with Crippen molar-refractivity contribution in [1.29, 1.82) is 0 Å². The Morgan fingerprint density at radius 1 is 1.62 bits per heavy atom. The van der Waals surface area contributed by atoms with Crippen LogP contribution in [0.1, 0.15) is 12.0 Å². The van der Waals surface area contributed by atoms with Gasteiger partial charge in [-0.25, -0.2) is 0 Å². The van der Waals surface area contributed by atoms with Gasteiger partial charge in [-0.15, -0.1) is 0 Å². The highest BCUT2D eigenvalue weighted by Gasteiger charge is 2.26. The summed E-state index contributed by atoms with van der Waals surface area (Å²) in [4.78, 5) is 12.7. The highest BCUT2D eigenvalue weighted by atomic mass is 16.5. The van der Waals surface area contributed by atoms with Gasteiger partial charge in [-0.3, -0.25) is 4.79 Å². The van der Waals surface area contributed by atoms with Gasteiger partial charge in [0.15, 0.2) is 0 Å². The van der Waals surface area contributed by atoms with Gasteiger partial charge in [-0.1, -0.05) is 6.07 Å². The number of anilines is 1. The molecule has 1 aromatic carbocycles. The van der Waals surface area contributed by atoms with Gasteiger partial charge in [0.1, 0.15) is 12.4 Å². The Morgan fingerprint density at radius 3 is 3.06 bits per heavy atom. The lowest BCUT2D eigenvalue weighted by Crippen LogP contribution is -2.41. The topological polar surface area (TPSA) is 49.8 Å². The maximum atomic E-state index is 10.7. The van der Waals surface area contributed by atoms with Crippen molar-refractivity contribution in [1.82, 2.24) is 0 Å². The summed E-state index contributed by atoms with van der Waals surface area (Å²) < 4.78 is 5.56. The number of hydrogen-bond donors (Lipinski definition) is 1. The van der Waals surface area contributed by atoms with Gasteiger partial charge in [-0.2, -0.15) is 0 Å². The molecule has 1 atom stereocenters. The molecular weight excluding hydrogens is 206 g/mol. The minimum atomic E-state index is -0.795. The fourth-order valence-corrected chi connectivity index (χ4v) is 1.92. The monoisotopic (exact) mass is 221 g/mol. The SMILES string of the molecule is Cc1ccc2c(c1)N(C)[C@H](CC(=O)O)CO2. The van der Waals surface area contributed by atoms with Crippen LogP contribution in [0.25, 0.3) is 0 Å². The van der Waals surface area contributed by atoms with E-state index in [-0.39, 0.29) is 12.5 Å². The molecule has 1 N–H and O–H groups in total. The lowest BCUT2D eigenvalue weighted by atomic mass is 10.1. The number of carboxylic acid groups (broad SMARTS) is 1. The van der Waals surface area contributed by atoms with E-state index in [1.807, 2.05) is 37.1 Å². The van der Waals surface area contributed by atoms with E-state index in [0.717, 1.165) is 17.0 Å². The molecule has 0 saturated heterocycles. The van der Waals surface area contributed by atoms with Gasteiger partial charge >= 0.3 is 5.97 Å². The molecule has 1 heterocycles. The van der Waals surface area contributed by atoms with Crippen molar-refractivity contribution in [2.24, 2.45) is 0 Å². The number of carboxylic acids is 1. The van der Waals surface area contributed by atoms with Gasteiger partial charge in [0.25, 0.3) is 0 Å². The first-order valence-electron chi connectivity index (χ1n) is 5.26. The number of ether oxygens (including phenoxy) is 1. The van der Waals surface area contributed by atoms with Crippen LogP contribution >= 0.6 is 0 Å². The normalized spacial score (nSPS) is 18.9. The van der Waals surface area contributed by atoms with Crippen LogP contribution in [0.15, 0.2) is 18.2 Å². The predicted molar refractivity (Wildman–Crippen MR) is 61.1 cm³/mol. The summed E-state index contributed by atoms with van der Waals surface area (Å²) in [6.45, 7) is 2.44. The van der Waals surface area contributed by atoms with Crippen LogP contribution in [0.2, 0.25) is 0 Å². The zero-order valence-corrected chi connectivity index (χ0v) is 9.43. The van der Waals surface area contributed by atoms with E-state index in [1.54, 1.807) is 0 Å². The molecule has 4 heteroatoms. The molecule has 0 amide bonds. The summed E-state index contributed by atoms with van der Waals surface area (Å²) in [6, 6.07) is 5.85. The number of aliphatic carboxylic acids is 1. The van der Waals surface area contributed by atoms with E-state index in [4.69, 9.17) is 9.84 Å². The first kappa shape index (κ1) is 10.8. The Kier molecular flexibility index (Phi) is 2.73. The Hall–Kier alpha value is -1.71. The Morgan fingerprint density at radius 2 is 2.38 bits per heavy atom. The Balaban J connectivity index is 2.26. The van der Waals surface area contributed by atoms with E-state index < -0.39 is 5.97 Å². The zero-order valence-electron chi connectivity index (χ0n) is 9.43.